The standard InChI is InChI=1S/C18H18ClN3O3/c1-25-14-8-2-11(3-9-14)15-10-20-17(23)16(15)22-18(24)21-13-6-4-12(19)5-7-13/h2-9,15-16H,10H2,1H3,(H,20,23)(H2,21,22,24). The highest BCUT2D eigenvalue weighted by Crippen LogP contribution is 2.25. The monoisotopic (exact) mass is 359 g/mol. The molecule has 3 rings (SSSR count). The number of hydrogen-bond acceptors (Lipinski definition) is 3. The number of rotatable bonds is 4. The summed E-state index contributed by atoms with van der Waals surface area (Å²) < 4.78 is 5.15. The topological polar surface area (TPSA) is 79.5 Å². The summed E-state index contributed by atoms with van der Waals surface area (Å²) in [5, 5.41) is 8.82. The number of carbonyl (C=O) groups excluding carboxylic acids is 2. The number of halogens is 1. The Balaban J connectivity index is 1.68. The molecule has 1 fully saturated rings. The van der Waals surface area contributed by atoms with Crippen molar-refractivity contribution in [2.24, 2.45) is 0 Å². The molecule has 1 saturated heterocycles. The summed E-state index contributed by atoms with van der Waals surface area (Å²) in [5.41, 5.74) is 1.55. The highest BCUT2D eigenvalue weighted by atomic mass is 35.5. The minimum atomic E-state index is -0.638. The van der Waals surface area contributed by atoms with Crippen LogP contribution in [0.2, 0.25) is 5.02 Å². The third kappa shape index (κ3) is 4.03. The number of ether oxygens (including phenoxy) is 1. The first kappa shape index (κ1) is 17.1. The maximum Gasteiger partial charge on any atom is 0.319 e. The van der Waals surface area contributed by atoms with Crippen LogP contribution in [0.5, 0.6) is 5.75 Å². The largest absolute Gasteiger partial charge is 0.497 e. The molecule has 0 bridgehead atoms. The van der Waals surface area contributed by atoms with Gasteiger partial charge in [0.1, 0.15) is 11.8 Å². The van der Waals surface area contributed by atoms with E-state index in [4.69, 9.17) is 16.3 Å². The summed E-state index contributed by atoms with van der Waals surface area (Å²) >= 11 is 5.82. The average Bonchev–Trinajstić information content (AvgIpc) is 2.98. The number of methoxy groups -OCH3 is 1. The minimum Gasteiger partial charge on any atom is -0.497 e. The van der Waals surface area contributed by atoms with Crippen LogP contribution in [0.25, 0.3) is 0 Å². The number of amides is 3. The first-order valence-corrected chi connectivity index (χ1v) is 8.19. The quantitative estimate of drug-likeness (QED) is 0.785. The van der Waals surface area contributed by atoms with Gasteiger partial charge in [-0.2, -0.15) is 0 Å². The molecule has 0 spiro atoms. The first-order chi connectivity index (χ1) is 12.1. The molecule has 130 valence electrons. The highest BCUT2D eigenvalue weighted by Gasteiger charge is 2.36. The van der Waals surface area contributed by atoms with E-state index in [-0.39, 0.29) is 11.8 Å². The molecule has 1 aliphatic heterocycles. The lowest BCUT2D eigenvalue weighted by Crippen LogP contribution is -2.44. The number of nitrogens with one attached hydrogen (secondary N) is 3. The number of carbonyl (C=O) groups is 2. The molecule has 7 heteroatoms. The summed E-state index contributed by atoms with van der Waals surface area (Å²) in [7, 11) is 1.60. The van der Waals surface area contributed by atoms with Crippen LogP contribution < -0.4 is 20.7 Å². The normalized spacial score (nSPS) is 19.2. The van der Waals surface area contributed by atoms with Crippen molar-refractivity contribution in [3.05, 3.63) is 59.1 Å². The van der Waals surface area contributed by atoms with Crippen LogP contribution in [0.15, 0.2) is 48.5 Å². The van der Waals surface area contributed by atoms with Gasteiger partial charge in [0.05, 0.1) is 7.11 Å². The van der Waals surface area contributed by atoms with E-state index in [0.717, 1.165) is 11.3 Å². The zero-order valence-electron chi connectivity index (χ0n) is 13.6. The van der Waals surface area contributed by atoms with Crippen molar-refractivity contribution in [3.8, 4) is 5.75 Å². The van der Waals surface area contributed by atoms with Crippen molar-refractivity contribution in [1.82, 2.24) is 10.6 Å². The van der Waals surface area contributed by atoms with Crippen molar-refractivity contribution >= 4 is 29.2 Å². The van der Waals surface area contributed by atoms with Crippen molar-refractivity contribution in [1.29, 1.82) is 0 Å². The van der Waals surface area contributed by atoms with Crippen molar-refractivity contribution in [2.45, 2.75) is 12.0 Å². The Morgan fingerprint density at radius 2 is 1.84 bits per heavy atom. The van der Waals surface area contributed by atoms with Crippen molar-refractivity contribution in [3.63, 3.8) is 0 Å². The molecular formula is C18H18ClN3O3. The van der Waals surface area contributed by atoms with Gasteiger partial charge in [0, 0.05) is 23.2 Å². The van der Waals surface area contributed by atoms with Crippen LogP contribution in [0.3, 0.4) is 0 Å². The predicted octanol–water partition coefficient (Wildman–Crippen LogP) is 2.75. The van der Waals surface area contributed by atoms with E-state index in [1.165, 1.54) is 0 Å². The molecule has 1 aliphatic rings. The third-order valence-corrected chi connectivity index (χ3v) is 4.37. The van der Waals surface area contributed by atoms with Crippen LogP contribution >= 0.6 is 11.6 Å². The second-order valence-electron chi connectivity index (χ2n) is 5.71. The van der Waals surface area contributed by atoms with E-state index in [0.29, 0.717) is 17.3 Å². The molecule has 0 radical (unpaired) electrons. The van der Waals surface area contributed by atoms with Gasteiger partial charge >= 0.3 is 6.03 Å². The maximum atomic E-state index is 12.2. The molecule has 2 unspecified atom stereocenters. The Hall–Kier alpha value is -2.73. The van der Waals surface area contributed by atoms with E-state index in [2.05, 4.69) is 16.0 Å². The fourth-order valence-electron chi connectivity index (χ4n) is 2.79. The third-order valence-electron chi connectivity index (χ3n) is 4.11. The molecule has 1 heterocycles. The van der Waals surface area contributed by atoms with Gasteiger partial charge in [0.2, 0.25) is 5.91 Å². The van der Waals surface area contributed by atoms with Gasteiger partial charge in [0.25, 0.3) is 0 Å². The molecule has 0 aromatic heterocycles. The fraction of sp³-hybridized carbons (Fsp3) is 0.222. The molecular weight excluding hydrogens is 342 g/mol. The summed E-state index contributed by atoms with van der Waals surface area (Å²) in [4.78, 5) is 24.3. The van der Waals surface area contributed by atoms with Gasteiger partial charge in [-0.15, -0.1) is 0 Å². The SMILES string of the molecule is COc1ccc(C2CNC(=O)C2NC(=O)Nc2ccc(Cl)cc2)cc1. The first-order valence-electron chi connectivity index (χ1n) is 7.81. The molecule has 3 amide bonds. The summed E-state index contributed by atoms with van der Waals surface area (Å²) in [6, 6.07) is 13.1. The Labute approximate surface area is 150 Å². The number of benzene rings is 2. The molecule has 2 aromatic carbocycles. The van der Waals surface area contributed by atoms with Crippen LogP contribution in [0.1, 0.15) is 11.5 Å². The van der Waals surface area contributed by atoms with Gasteiger partial charge in [-0.3, -0.25) is 4.79 Å². The summed E-state index contributed by atoms with van der Waals surface area (Å²) in [6.07, 6.45) is 0. The van der Waals surface area contributed by atoms with Gasteiger partial charge in [-0.25, -0.2) is 4.79 Å². The fourth-order valence-corrected chi connectivity index (χ4v) is 2.92. The lowest BCUT2D eigenvalue weighted by atomic mass is 9.94. The minimum absolute atomic E-state index is 0.144. The van der Waals surface area contributed by atoms with E-state index >= 15 is 0 Å². The zero-order chi connectivity index (χ0) is 17.8. The van der Waals surface area contributed by atoms with E-state index in [1.54, 1.807) is 31.4 Å². The summed E-state index contributed by atoms with van der Waals surface area (Å²) in [5.74, 6) is 0.396. The Morgan fingerprint density at radius 3 is 2.48 bits per heavy atom. The number of anilines is 1. The Kier molecular flexibility index (Phi) is 5.09. The molecule has 2 atom stereocenters. The van der Waals surface area contributed by atoms with Crippen molar-refractivity contribution in [2.75, 3.05) is 19.0 Å². The molecule has 2 aromatic rings. The van der Waals surface area contributed by atoms with E-state index in [1.807, 2.05) is 24.3 Å². The van der Waals surface area contributed by atoms with Crippen LogP contribution in [0, 0.1) is 0 Å². The van der Waals surface area contributed by atoms with Gasteiger partial charge in [-0.05, 0) is 42.0 Å². The second kappa shape index (κ2) is 7.44. The van der Waals surface area contributed by atoms with Gasteiger partial charge < -0.3 is 20.7 Å². The summed E-state index contributed by atoms with van der Waals surface area (Å²) in [6.45, 7) is 0.469. The Morgan fingerprint density at radius 1 is 1.16 bits per heavy atom. The van der Waals surface area contributed by atoms with E-state index < -0.39 is 12.1 Å². The van der Waals surface area contributed by atoms with Crippen LogP contribution in [-0.2, 0) is 4.79 Å². The molecule has 6 nitrogen and oxygen atoms in total. The molecule has 0 saturated carbocycles. The van der Waals surface area contributed by atoms with Crippen LogP contribution in [-0.4, -0.2) is 31.6 Å². The average molecular weight is 360 g/mol. The predicted molar refractivity (Wildman–Crippen MR) is 96.1 cm³/mol. The smallest absolute Gasteiger partial charge is 0.319 e. The van der Waals surface area contributed by atoms with E-state index in [9.17, 15) is 9.59 Å². The lowest BCUT2D eigenvalue weighted by Gasteiger charge is -2.19. The zero-order valence-corrected chi connectivity index (χ0v) is 14.3. The van der Waals surface area contributed by atoms with Crippen LogP contribution in [0.4, 0.5) is 10.5 Å². The number of hydrogen-bond donors (Lipinski definition) is 3. The molecule has 0 aliphatic carbocycles. The molecule has 25 heavy (non-hydrogen) atoms. The van der Waals surface area contributed by atoms with Gasteiger partial charge in [-0.1, -0.05) is 23.7 Å². The van der Waals surface area contributed by atoms with Crippen molar-refractivity contribution < 1.29 is 14.3 Å². The number of urea groups is 1. The molecule has 3 N–H and O–H groups in total. The Bertz CT molecular complexity index is 762. The highest BCUT2D eigenvalue weighted by molar-refractivity contribution is 6.30. The maximum absolute atomic E-state index is 12.2. The lowest BCUT2D eigenvalue weighted by molar-refractivity contribution is -0.120. The second-order valence-corrected chi connectivity index (χ2v) is 6.14. The van der Waals surface area contributed by atoms with Gasteiger partial charge in [0.15, 0.2) is 0 Å².